The third-order valence-corrected chi connectivity index (χ3v) is 5.45. The van der Waals surface area contributed by atoms with Crippen LogP contribution in [0, 0.1) is 0 Å². The molecule has 4 nitrogen and oxygen atoms in total. The van der Waals surface area contributed by atoms with Gasteiger partial charge in [0.05, 0.1) is 14.2 Å². The van der Waals surface area contributed by atoms with Gasteiger partial charge in [-0.15, -0.1) is 0 Å². The number of ether oxygens (including phenoxy) is 2. The van der Waals surface area contributed by atoms with Crippen molar-refractivity contribution < 1.29 is 9.47 Å². The molecule has 4 heteroatoms. The molecule has 0 saturated carbocycles. The Bertz CT molecular complexity index is 741. The Morgan fingerprint density at radius 3 is 2.31 bits per heavy atom. The SMILES string of the molecule is COc1cc2c(cc1OC)C(C)N(CCc1ccc(N(C)C)cc1)CC2. The van der Waals surface area contributed by atoms with Gasteiger partial charge in [0, 0.05) is 38.9 Å². The monoisotopic (exact) mass is 354 g/mol. The number of fused-ring (bicyclic) bond motifs is 1. The van der Waals surface area contributed by atoms with Crippen molar-refractivity contribution in [1.29, 1.82) is 0 Å². The van der Waals surface area contributed by atoms with Crippen LogP contribution in [0.2, 0.25) is 0 Å². The summed E-state index contributed by atoms with van der Waals surface area (Å²) in [4.78, 5) is 4.70. The maximum absolute atomic E-state index is 5.50. The zero-order chi connectivity index (χ0) is 18.7. The number of methoxy groups -OCH3 is 2. The molecular weight excluding hydrogens is 324 g/mol. The predicted molar refractivity (Wildman–Crippen MR) is 108 cm³/mol. The van der Waals surface area contributed by atoms with Crippen LogP contribution in [-0.2, 0) is 12.8 Å². The van der Waals surface area contributed by atoms with Crippen LogP contribution in [0.25, 0.3) is 0 Å². The van der Waals surface area contributed by atoms with Gasteiger partial charge in [0.1, 0.15) is 0 Å². The normalized spacial score (nSPS) is 16.9. The molecule has 2 aromatic carbocycles. The van der Waals surface area contributed by atoms with Crippen LogP contribution in [0.3, 0.4) is 0 Å². The second-order valence-electron chi connectivity index (χ2n) is 7.18. The van der Waals surface area contributed by atoms with Crippen LogP contribution in [0.4, 0.5) is 5.69 Å². The van der Waals surface area contributed by atoms with Gasteiger partial charge in [-0.3, -0.25) is 4.90 Å². The smallest absolute Gasteiger partial charge is 0.161 e. The van der Waals surface area contributed by atoms with E-state index in [9.17, 15) is 0 Å². The highest BCUT2D eigenvalue weighted by Gasteiger charge is 2.25. The molecule has 0 radical (unpaired) electrons. The van der Waals surface area contributed by atoms with Crippen molar-refractivity contribution in [2.75, 3.05) is 46.3 Å². The summed E-state index contributed by atoms with van der Waals surface area (Å²) in [6.45, 7) is 4.44. The van der Waals surface area contributed by atoms with Gasteiger partial charge < -0.3 is 14.4 Å². The van der Waals surface area contributed by atoms with Crippen molar-refractivity contribution in [3.63, 3.8) is 0 Å². The van der Waals surface area contributed by atoms with Crippen molar-refractivity contribution in [3.05, 3.63) is 53.1 Å². The van der Waals surface area contributed by atoms with E-state index < -0.39 is 0 Å². The van der Waals surface area contributed by atoms with Gasteiger partial charge in [-0.1, -0.05) is 12.1 Å². The number of nitrogens with zero attached hydrogens (tertiary/aromatic N) is 2. The number of hydrogen-bond donors (Lipinski definition) is 0. The molecule has 1 heterocycles. The highest BCUT2D eigenvalue weighted by atomic mass is 16.5. The van der Waals surface area contributed by atoms with Crippen molar-refractivity contribution in [1.82, 2.24) is 4.90 Å². The lowest BCUT2D eigenvalue weighted by atomic mass is 9.92. The molecule has 1 aliphatic rings. The molecule has 1 atom stereocenters. The number of hydrogen-bond acceptors (Lipinski definition) is 4. The van der Waals surface area contributed by atoms with Crippen LogP contribution < -0.4 is 14.4 Å². The Hall–Kier alpha value is -2.20. The second-order valence-corrected chi connectivity index (χ2v) is 7.18. The van der Waals surface area contributed by atoms with Crippen molar-refractivity contribution in [2.45, 2.75) is 25.8 Å². The van der Waals surface area contributed by atoms with Gasteiger partial charge >= 0.3 is 0 Å². The summed E-state index contributed by atoms with van der Waals surface area (Å²) in [6, 6.07) is 13.6. The van der Waals surface area contributed by atoms with E-state index in [-0.39, 0.29) is 0 Å². The minimum absolute atomic E-state index is 0.389. The summed E-state index contributed by atoms with van der Waals surface area (Å²) in [5, 5.41) is 0. The summed E-state index contributed by atoms with van der Waals surface area (Å²) in [7, 11) is 7.55. The van der Waals surface area contributed by atoms with Crippen molar-refractivity contribution in [2.24, 2.45) is 0 Å². The van der Waals surface area contributed by atoms with Gasteiger partial charge in [-0.2, -0.15) is 0 Å². The van der Waals surface area contributed by atoms with Gasteiger partial charge in [-0.05, 0) is 60.7 Å². The molecule has 26 heavy (non-hydrogen) atoms. The average Bonchev–Trinajstić information content (AvgIpc) is 2.67. The van der Waals surface area contributed by atoms with Crippen molar-refractivity contribution in [3.8, 4) is 11.5 Å². The van der Waals surface area contributed by atoms with E-state index in [0.717, 1.165) is 37.4 Å². The van der Waals surface area contributed by atoms with Crippen LogP contribution in [0.15, 0.2) is 36.4 Å². The van der Waals surface area contributed by atoms with Crippen LogP contribution in [0.5, 0.6) is 11.5 Å². The van der Waals surface area contributed by atoms with E-state index in [1.54, 1.807) is 14.2 Å². The lowest BCUT2D eigenvalue weighted by Crippen LogP contribution is -2.35. The first-order valence-electron chi connectivity index (χ1n) is 9.28. The number of anilines is 1. The Morgan fingerprint density at radius 2 is 1.69 bits per heavy atom. The lowest BCUT2D eigenvalue weighted by molar-refractivity contribution is 0.200. The van der Waals surface area contributed by atoms with Crippen LogP contribution >= 0.6 is 0 Å². The van der Waals surface area contributed by atoms with Gasteiger partial charge in [0.2, 0.25) is 0 Å². The molecule has 0 aliphatic carbocycles. The zero-order valence-electron chi connectivity index (χ0n) is 16.6. The van der Waals surface area contributed by atoms with E-state index in [2.05, 4.69) is 67.2 Å². The van der Waals surface area contributed by atoms with Gasteiger partial charge in [-0.25, -0.2) is 0 Å². The Balaban J connectivity index is 1.69. The average molecular weight is 354 g/mol. The molecule has 3 rings (SSSR count). The molecule has 0 aromatic heterocycles. The largest absolute Gasteiger partial charge is 0.493 e. The standard InChI is InChI=1S/C22H30N2O2/c1-16-20-15-22(26-5)21(25-4)14-18(20)11-13-24(16)12-10-17-6-8-19(9-7-17)23(2)3/h6-9,14-16H,10-13H2,1-5H3. The van der Waals surface area contributed by atoms with E-state index in [4.69, 9.17) is 9.47 Å². The third-order valence-electron chi connectivity index (χ3n) is 5.45. The minimum Gasteiger partial charge on any atom is -0.493 e. The zero-order valence-corrected chi connectivity index (χ0v) is 16.6. The highest BCUT2D eigenvalue weighted by Crippen LogP contribution is 2.37. The van der Waals surface area contributed by atoms with Crippen LogP contribution in [0.1, 0.15) is 29.7 Å². The molecule has 1 aliphatic heterocycles. The summed E-state index contributed by atoms with van der Waals surface area (Å²) in [5.74, 6) is 1.65. The molecule has 0 saturated heterocycles. The van der Waals surface area contributed by atoms with Crippen molar-refractivity contribution >= 4 is 5.69 Å². The molecule has 0 N–H and O–H groups in total. The quantitative estimate of drug-likeness (QED) is 0.785. The van der Waals surface area contributed by atoms with E-state index >= 15 is 0 Å². The van der Waals surface area contributed by atoms with E-state index in [0.29, 0.717) is 6.04 Å². The molecule has 0 fully saturated rings. The highest BCUT2D eigenvalue weighted by molar-refractivity contribution is 5.49. The fraction of sp³-hybridized carbons (Fsp3) is 0.455. The first-order valence-corrected chi connectivity index (χ1v) is 9.28. The fourth-order valence-corrected chi connectivity index (χ4v) is 3.74. The molecule has 0 amide bonds. The maximum Gasteiger partial charge on any atom is 0.161 e. The predicted octanol–water partition coefficient (Wildman–Crippen LogP) is 3.93. The summed E-state index contributed by atoms with van der Waals surface area (Å²) in [6.07, 6.45) is 2.13. The summed E-state index contributed by atoms with van der Waals surface area (Å²) >= 11 is 0. The summed E-state index contributed by atoms with van der Waals surface area (Å²) in [5.41, 5.74) is 5.37. The Labute approximate surface area is 157 Å². The molecular formula is C22H30N2O2. The molecule has 140 valence electrons. The van der Waals surface area contributed by atoms with Crippen LogP contribution in [-0.4, -0.2) is 46.3 Å². The molecule has 2 aromatic rings. The lowest BCUT2D eigenvalue weighted by Gasteiger charge is -2.35. The maximum atomic E-state index is 5.50. The minimum atomic E-state index is 0.389. The number of rotatable bonds is 6. The first-order chi connectivity index (χ1) is 12.5. The Morgan fingerprint density at radius 1 is 1.04 bits per heavy atom. The first kappa shape index (κ1) is 18.6. The molecule has 0 bridgehead atoms. The third kappa shape index (κ3) is 3.80. The fourth-order valence-electron chi connectivity index (χ4n) is 3.74. The van der Waals surface area contributed by atoms with E-state index in [1.807, 2.05) is 0 Å². The van der Waals surface area contributed by atoms with Gasteiger partial charge in [0.15, 0.2) is 11.5 Å². The molecule has 1 unspecified atom stereocenters. The summed E-state index contributed by atoms with van der Waals surface area (Å²) < 4.78 is 11.0. The van der Waals surface area contributed by atoms with E-state index in [1.165, 1.54) is 22.4 Å². The second kappa shape index (κ2) is 8.00. The topological polar surface area (TPSA) is 24.9 Å². The molecule has 0 spiro atoms. The Kier molecular flexibility index (Phi) is 5.72. The van der Waals surface area contributed by atoms with Gasteiger partial charge in [0.25, 0.3) is 0 Å². The number of benzene rings is 2.